The summed E-state index contributed by atoms with van der Waals surface area (Å²) < 4.78 is 5.10. The molecule has 0 fully saturated rings. The first-order valence-corrected chi connectivity index (χ1v) is 5.64. The topological polar surface area (TPSA) is 73.1 Å². The van der Waals surface area contributed by atoms with Crippen LogP contribution in [0, 0.1) is 6.92 Å². The Hall–Kier alpha value is -1.98. The smallest absolute Gasteiger partial charge is 0.216 e. The van der Waals surface area contributed by atoms with E-state index >= 15 is 0 Å². The Balaban J connectivity index is 2.42. The number of benzene rings is 1. The summed E-state index contributed by atoms with van der Waals surface area (Å²) in [6.07, 6.45) is 1.47. The molecule has 5 nitrogen and oxygen atoms in total. The van der Waals surface area contributed by atoms with Gasteiger partial charge in [0.05, 0.1) is 18.8 Å². The van der Waals surface area contributed by atoms with Gasteiger partial charge in [-0.25, -0.2) is 15.4 Å². The molecule has 0 amide bonds. The summed E-state index contributed by atoms with van der Waals surface area (Å²) in [4.78, 5) is 8.23. The number of methoxy groups -OCH3 is 1. The van der Waals surface area contributed by atoms with Crippen LogP contribution in [0.25, 0.3) is 0 Å². The van der Waals surface area contributed by atoms with E-state index in [1.54, 1.807) is 13.2 Å². The molecule has 5 heteroatoms. The van der Waals surface area contributed by atoms with Gasteiger partial charge in [0, 0.05) is 6.07 Å². The lowest BCUT2D eigenvalue weighted by Gasteiger charge is -2.18. The van der Waals surface area contributed by atoms with E-state index in [2.05, 4.69) is 15.4 Å². The minimum Gasteiger partial charge on any atom is -0.481 e. The zero-order valence-corrected chi connectivity index (χ0v) is 10.4. The molecule has 0 saturated heterocycles. The molecule has 1 unspecified atom stereocenters. The summed E-state index contributed by atoms with van der Waals surface area (Å²) in [5.74, 6) is 6.17. The highest BCUT2D eigenvalue weighted by Crippen LogP contribution is 2.23. The van der Waals surface area contributed by atoms with Crippen molar-refractivity contribution in [2.45, 2.75) is 13.0 Å². The number of aromatic nitrogens is 2. The predicted octanol–water partition coefficient (Wildman–Crippen LogP) is 1.35. The highest BCUT2D eigenvalue weighted by Gasteiger charge is 2.16. The summed E-state index contributed by atoms with van der Waals surface area (Å²) in [6.45, 7) is 2.04. The molecule has 0 radical (unpaired) electrons. The molecule has 1 aromatic heterocycles. The molecule has 1 heterocycles. The average molecular weight is 244 g/mol. The van der Waals surface area contributed by atoms with E-state index in [9.17, 15) is 0 Å². The number of nitrogens with zero attached hydrogens (tertiary/aromatic N) is 2. The molecule has 0 aliphatic carbocycles. The second-order valence-electron chi connectivity index (χ2n) is 3.94. The Labute approximate surface area is 106 Å². The predicted molar refractivity (Wildman–Crippen MR) is 68.9 cm³/mol. The monoisotopic (exact) mass is 244 g/mol. The number of aryl methyl sites for hydroxylation is 1. The number of hydrogen-bond donors (Lipinski definition) is 2. The van der Waals surface area contributed by atoms with Crippen molar-refractivity contribution in [3.05, 3.63) is 53.5 Å². The maximum Gasteiger partial charge on any atom is 0.216 e. The summed E-state index contributed by atoms with van der Waals surface area (Å²) in [5, 5.41) is 0. The maximum absolute atomic E-state index is 5.65. The first kappa shape index (κ1) is 12.5. The lowest BCUT2D eigenvalue weighted by molar-refractivity contribution is 0.395. The zero-order valence-electron chi connectivity index (χ0n) is 10.4. The van der Waals surface area contributed by atoms with E-state index in [4.69, 9.17) is 10.6 Å². The van der Waals surface area contributed by atoms with Gasteiger partial charge in [0.2, 0.25) is 5.88 Å². The van der Waals surface area contributed by atoms with Gasteiger partial charge in [0.1, 0.15) is 6.33 Å². The van der Waals surface area contributed by atoms with Gasteiger partial charge in [-0.05, 0) is 18.1 Å². The SMILES string of the molecule is COc1cc(C(NN)c2ccccc2C)ncn1. The van der Waals surface area contributed by atoms with Crippen LogP contribution in [0.3, 0.4) is 0 Å². The molecule has 1 atom stereocenters. The van der Waals surface area contributed by atoms with Gasteiger partial charge in [-0.2, -0.15) is 0 Å². The number of nitrogens with one attached hydrogen (secondary N) is 1. The van der Waals surface area contributed by atoms with E-state index in [-0.39, 0.29) is 6.04 Å². The standard InChI is InChI=1S/C13H16N4O/c1-9-5-3-4-6-10(9)13(17-14)11-7-12(18-2)16-8-15-11/h3-8,13,17H,14H2,1-2H3. The second kappa shape index (κ2) is 5.57. The first-order chi connectivity index (χ1) is 8.76. The van der Waals surface area contributed by atoms with Crippen LogP contribution in [0.5, 0.6) is 5.88 Å². The van der Waals surface area contributed by atoms with Crippen LogP contribution in [0.1, 0.15) is 22.9 Å². The minimum absolute atomic E-state index is 0.178. The van der Waals surface area contributed by atoms with E-state index in [1.165, 1.54) is 6.33 Å². The Kier molecular flexibility index (Phi) is 3.86. The fourth-order valence-corrected chi connectivity index (χ4v) is 1.87. The van der Waals surface area contributed by atoms with Crippen LogP contribution in [0.15, 0.2) is 36.7 Å². The van der Waals surface area contributed by atoms with Crippen LogP contribution >= 0.6 is 0 Å². The Morgan fingerprint density at radius 1 is 1.28 bits per heavy atom. The molecular weight excluding hydrogens is 228 g/mol. The van der Waals surface area contributed by atoms with Crippen LogP contribution in [-0.2, 0) is 0 Å². The summed E-state index contributed by atoms with van der Waals surface area (Å²) in [7, 11) is 1.57. The van der Waals surface area contributed by atoms with Crippen molar-refractivity contribution < 1.29 is 4.74 Å². The highest BCUT2D eigenvalue weighted by molar-refractivity contribution is 5.34. The third kappa shape index (κ3) is 2.47. The average Bonchev–Trinajstić information content (AvgIpc) is 2.42. The Bertz CT molecular complexity index is 530. The van der Waals surface area contributed by atoms with Crippen molar-refractivity contribution in [1.82, 2.24) is 15.4 Å². The third-order valence-corrected chi connectivity index (χ3v) is 2.83. The van der Waals surface area contributed by atoms with Crippen LogP contribution in [0.2, 0.25) is 0 Å². The molecule has 18 heavy (non-hydrogen) atoms. The van der Waals surface area contributed by atoms with E-state index in [1.807, 2.05) is 31.2 Å². The first-order valence-electron chi connectivity index (χ1n) is 5.64. The molecule has 2 rings (SSSR count). The summed E-state index contributed by atoms with van der Waals surface area (Å²) in [6, 6.07) is 9.63. The number of ether oxygens (including phenoxy) is 1. The highest BCUT2D eigenvalue weighted by atomic mass is 16.5. The zero-order chi connectivity index (χ0) is 13.0. The molecule has 94 valence electrons. The summed E-state index contributed by atoms with van der Waals surface area (Å²) >= 11 is 0. The molecule has 0 aliphatic rings. The van der Waals surface area contributed by atoms with E-state index < -0.39 is 0 Å². The minimum atomic E-state index is -0.178. The fraction of sp³-hybridized carbons (Fsp3) is 0.231. The van der Waals surface area contributed by atoms with Crippen molar-refractivity contribution in [3.63, 3.8) is 0 Å². The molecule has 0 saturated carbocycles. The molecular formula is C13H16N4O. The van der Waals surface area contributed by atoms with Crippen molar-refractivity contribution in [3.8, 4) is 5.88 Å². The van der Waals surface area contributed by atoms with Gasteiger partial charge in [-0.1, -0.05) is 24.3 Å². The second-order valence-corrected chi connectivity index (χ2v) is 3.94. The lowest BCUT2D eigenvalue weighted by Crippen LogP contribution is -2.30. The van der Waals surface area contributed by atoms with Crippen molar-refractivity contribution >= 4 is 0 Å². The quantitative estimate of drug-likeness (QED) is 0.627. The van der Waals surface area contributed by atoms with Gasteiger partial charge in [0.25, 0.3) is 0 Å². The van der Waals surface area contributed by atoms with Crippen molar-refractivity contribution in [2.75, 3.05) is 7.11 Å². The molecule has 0 bridgehead atoms. The van der Waals surface area contributed by atoms with Crippen LogP contribution in [0.4, 0.5) is 0 Å². The Morgan fingerprint density at radius 2 is 2.06 bits per heavy atom. The molecule has 1 aromatic carbocycles. The maximum atomic E-state index is 5.65. The van der Waals surface area contributed by atoms with Gasteiger partial charge < -0.3 is 4.74 Å². The molecule has 3 N–H and O–H groups in total. The lowest BCUT2D eigenvalue weighted by atomic mass is 9.99. The number of hydrazine groups is 1. The molecule has 0 spiro atoms. The van der Waals surface area contributed by atoms with Crippen molar-refractivity contribution in [1.29, 1.82) is 0 Å². The third-order valence-electron chi connectivity index (χ3n) is 2.83. The molecule has 0 aliphatic heterocycles. The number of hydrogen-bond acceptors (Lipinski definition) is 5. The largest absolute Gasteiger partial charge is 0.481 e. The van der Waals surface area contributed by atoms with E-state index in [0.717, 1.165) is 16.8 Å². The Morgan fingerprint density at radius 3 is 2.72 bits per heavy atom. The molecule has 2 aromatic rings. The van der Waals surface area contributed by atoms with Gasteiger partial charge >= 0.3 is 0 Å². The van der Waals surface area contributed by atoms with Gasteiger partial charge in [-0.15, -0.1) is 0 Å². The van der Waals surface area contributed by atoms with Crippen molar-refractivity contribution in [2.24, 2.45) is 5.84 Å². The summed E-state index contributed by atoms with van der Waals surface area (Å²) in [5.41, 5.74) is 5.79. The van der Waals surface area contributed by atoms with Gasteiger partial charge in [-0.3, -0.25) is 5.84 Å². The fourth-order valence-electron chi connectivity index (χ4n) is 1.87. The van der Waals surface area contributed by atoms with Crippen LogP contribution in [-0.4, -0.2) is 17.1 Å². The normalized spacial score (nSPS) is 12.2. The number of nitrogens with two attached hydrogens (primary N) is 1. The number of rotatable bonds is 4. The van der Waals surface area contributed by atoms with E-state index in [0.29, 0.717) is 5.88 Å². The van der Waals surface area contributed by atoms with Gasteiger partial charge in [0.15, 0.2) is 0 Å². The van der Waals surface area contributed by atoms with Crippen LogP contribution < -0.4 is 16.0 Å².